The van der Waals surface area contributed by atoms with Crippen molar-refractivity contribution in [3.8, 4) is 0 Å². The molecular formula is C19H32N6O. The third-order valence-electron chi connectivity index (χ3n) is 4.59. The summed E-state index contributed by atoms with van der Waals surface area (Å²) in [6.07, 6.45) is 4.36. The van der Waals surface area contributed by atoms with Gasteiger partial charge in [0.05, 0.1) is 13.1 Å². The lowest BCUT2D eigenvalue weighted by Crippen LogP contribution is -2.42. The fourth-order valence-electron chi connectivity index (χ4n) is 2.76. The van der Waals surface area contributed by atoms with Crippen LogP contribution in [0.1, 0.15) is 32.3 Å². The maximum atomic E-state index is 11.7. The van der Waals surface area contributed by atoms with Crippen LogP contribution in [0.5, 0.6) is 0 Å². The Balaban J connectivity index is 1.90. The SMILES string of the molecule is CCNC(=NCc1ccc(N2CCC(C)CC2)nc1)NCC(=O)N(C)C. The van der Waals surface area contributed by atoms with Gasteiger partial charge in [-0.3, -0.25) is 4.79 Å². The molecule has 7 heteroatoms. The Morgan fingerprint density at radius 3 is 2.62 bits per heavy atom. The van der Waals surface area contributed by atoms with E-state index in [4.69, 9.17) is 0 Å². The number of hydrogen-bond donors (Lipinski definition) is 2. The van der Waals surface area contributed by atoms with E-state index in [1.54, 1.807) is 19.0 Å². The third kappa shape index (κ3) is 6.20. The highest BCUT2D eigenvalue weighted by Gasteiger charge is 2.16. The third-order valence-corrected chi connectivity index (χ3v) is 4.59. The van der Waals surface area contributed by atoms with Crippen LogP contribution < -0.4 is 15.5 Å². The maximum absolute atomic E-state index is 11.7. The number of likely N-dealkylation sites (N-methyl/N-ethyl adjacent to an activating group) is 1. The summed E-state index contributed by atoms with van der Waals surface area (Å²) in [4.78, 5) is 24.7. The van der Waals surface area contributed by atoms with Crippen LogP contribution in [0.15, 0.2) is 23.3 Å². The molecule has 0 aromatic carbocycles. The van der Waals surface area contributed by atoms with Gasteiger partial charge in [0.25, 0.3) is 0 Å². The first-order valence-corrected chi connectivity index (χ1v) is 9.41. The molecule has 26 heavy (non-hydrogen) atoms. The largest absolute Gasteiger partial charge is 0.357 e. The second kappa shape index (κ2) is 9.99. The van der Waals surface area contributed by atoms with Gasteiger partial charge in [0.1, 0.15) is 5.82 Å². The first-order valence-electron chi connectivity index (χ1n) is 9.41. The Labute approximate surface area is 156 Å². The highest BCUT2D eigenvalue weighted by atomic mass is 16.2. The number of aliphatic imine (C=N–C) groups is 1. The maximum Gasteiger partial charge on any atom is 0.241 e. The van der Waals surface area contributed by atoms with Crippen molar-refractivity contribution in [2.75, 3.05) is 45.2 Å². The van der Waals surface area contributed by atoms with Crippen LogP contribution in [0.4, 0.5) is 5.82 Å². The predicted octanol–water partition coefficient (Wildman–Crippen LogP) is 1.46. The standard InChI is InChI=1S/C19H32N6O/c1-5-20-19(23-14-18(26)24(3)4)22-13-16-6-7-17(21-12-16)25-10-8-15(2)9-11-25/h6-7,12,15H,5,8-11,13-14H2,1-4H3,(H2,20,22,23). The lowest BCUT2D eigenvalue weighted by Gasteiger charge is -2.31. The Bertz CT molecular complexity index is 591. The minimum absolute atomic E-state index is 0.0115. The molecule has 0 unspecified atom stereocenters. The molecule has 1 aliphatic heterocycles. The molecule has 2 rings (SSSR count). The summed E-state index contributed by atoms with van der Waals surface area (Å²) in [5.74, 6) is 2.51. The molecule has 2 heterocycles. The predicted molar refractivity (Wildman–Crippen MR) is 106 cm³/mol. The quantitative estimate of drug-likeness (QED) is 0.594. The molecule has 0 bridgehead atoms. The number of nitrogens with zero attached hydrogens (tertiary/aromatic N) is 4. The smallest absolute Gasteiger partial charge is 0.241 e. The topological polar surface area (TPSA) is 72.9 Å². The number of anilines is 1. The zero-order valence-electron chi connectivity index (χ0n) is 16.5. The van der Waals surface area contributed by atoms with E-state index in [0.29, 0.717) is 12.5 Å². The number of pyridine rings is 1. The molecule has 0 spiro atoms. The van der Waals surface area contributed by atoms with Crippen LogP contribution in [0.25, 0.3) is 0 Å². The van der Waals surface area contributed by atoms with Crippen LogP contribution in [0.3, 0.4) is 0 Å². The Hall–Kier alpha value is -2.31. The normalized spacial score (nSPS) is 15.7. The lowest BCUT2D eigenvalue weighted by molar-refractivity contribution is -0.127. The zero-order chi connectivity index (χ0) is 18.9. The van der Waals surface area contributed by atoms with Crippen LogP contribution in [-0.2, 0) is 11.3 Å². The summed E-state index contributed by atoms with van der Waals surface area (Å²) in [7, 11) is 3.48. The van der Waals surface area contributed by atoms with Gasteiger partial charge in [0, 0.05) is 39.9 Å². The molecule has 0 radical (unpaired) electrons. The van der Waals surface area contributed by atoms with Crippen molar-refractivity contribution in [2.45, 2.75) is 33.2 Å². The van der Waals surface area contributed by atoms with Gasteiger partial charge < -0.3 is 20.4 Å². The fourth-order valence-corrected chi connectivity index (χ4v) is 2.76. The molecule has 0 saturated carbocycles. The summed E-state index contributed by atoms with van der Waals surface area (Å²) >= 11 is 0. The van der Waals surface area contributed by atoms with E-state index in [-0.39, 0.29) is 12.5 Å². The minimum atomic E-state index is 0.0115. The number of rotatable bonds is 6. The van der Waals surface area contributed by atoms with Gasteiger partial charge >= 0.3 is 0 Å². The van der Waals surface area contributed by atoms with Crippen molar-refractivity contribution in [2.24, 2.45) is 10.9 Å². The first kappa shape index (κ1) is 20.0. The van der Waals surface area contributed by atoms with E-state index >= 15 is 0 Å². The molecule has 1 saturated heterocycles. The van der Waals surface area contributed by atoms with Gasteiger partial charge in [-0.1, -0.05) is 13.0 Å². The first-order chi connectivity index (χ1) is 12.5. The molecule has 1 aromatic heterocycles. The summed E-state index contributed by atoms with van der Waals surface area (Å²) in [6.45, 7) is 7.97. The van der Waals surface area contributed by atoms with E-state index in [0.717, 1.165) is 36.9 Å². The van der Waals surface area contributed by atoms with Crippen molar-refractivity contribution in [3.63, 3.8) is 0 Å². The molecule has 2 N–H and O–H groups in total. The number of carbonyl (C=O) groups is 1. The Morgan fingerprint density at radius 2 is 2.04 bits per heavy atom. The van der Waals surface area contributed by atoms with Crippen molar-refractivity contribution >= 4 is 17.7 Å². The molecule has 1 aliphatic rings. The molecule has 0 aliphatic carbocycles. The summed E-state index contributed by atoms with van der Waals surface area (Å²) in [5.41, 5.74) is 1.05. The highest BCUT2D eigenvalue weighted by Crippen LogP contribution is 2.21. The van der Waals surface area contributed by atoms with Crippen LogP contribution in [0, 0.1) is 5.92 Å². The second-order valence-electron chi connectivity index (χ2n) is 7.03. The van der Waals surface area contributed by atoms with Crippen molar-refractivity contribution in [1.82, 2.24) is 20.5 Å². The summed E-state index contributed by atoms with van der Waals surface area (Å²) in [6, 6.07) is 4.16. The highest BCUT2D eigenvalue weighted by molar-refractivity contribution is 5.86. The van der Waals surface area contributed by atoms with E-state index in [9.17, 15) is 4.79 Å². The molecule has 1 amide bonds. The molecule has 7 nitrogen and oxygen atoms in total. The van der Waals surface area contributed by atoms with Crippen LogP contribution in [-0.4, -0.2) is 62.0 Å². The fraction of sp³-hybridized carbons (Fsp3) is 0.632. The zero-order valence-corrected chi connectivity index (χ0v) is 16.5. The van der Waals surface area contributed by atoms with Gasteiger partial charge in [0.2, 0.25) is 5.91 Å². The lowest BCUT2D eigenvalue weighted by atomic mass is 9.99. The minimum Gasteiger partial charge on any atom is -0.357 e. The number of hydrogen-bond acceptors (Lipinski definition) is 4. The molecule has 144 valence electrons. The molecule has 0 atom stereocenters. The van der Waals surface area contributed by atoms with Crippen molar-refractivity contribution in [3.05, 3.63) is 23.9 Å². The van der Waals surface area contributed by atoms with Gasteiger partial charge in [-0.15, -0.1) is 0 Å². The Morgan fingerprint density at radius 1 is 1.31 bits per heavy atom. The van der Waals surface area contributed by atoms with E-state index in [1.165, 1.54) is 12.8 Å². The summed E-state index contributed by atoms with van der Waals surface area (Å²) in [5, 5.41) is 6.21. The molecule has 1 fully saturated rings. The summed E-state index contributed by atoms with van der Waals surface area (Å²) < 4.78 is 0. The second-order valence-corrected chi connectivity index (χ2v) is 7.03. The van der Waals surface area contributed by atoms with E-state index in [1.807, 2.05) is 13.1 Å². The number of carbonyl (C=O) groups excluding carboxylic acids is 1. The van der Waals surface area contributed by atoms with Gasteiger partial charge in [-0.2, -0.15) is 0 Å². The molecule has 1 aromatic rings. The van der Waals surface area contributed by atoms with E-state index in [2.05, 4.69) is 44.6 Å². The van der Waals surface area contributed by atoms with Crippen LogP contribution >= 0.6 is 0 Å². The number of nitrogens with one attached hydrogen (secondary N) is 2. The van der Waals surface area contributed by atoms with Gasteiger partial charge in [-0.05, 0) is 37.3 Å². The van der Waals surface area contributed by atoms with E-state index < -0.39 is 0 Å². The average Bonchev–Trinajstić information content (AvgIpc) is 2.64. The number of amides is 1. The van der Waals surface area contributed by atoms with Gasteiger partial charge in [0.15, 0.2) is 5.96 Å². The number of guanidine groups is 1. The van der Waals surface area contributed by atoms with Crippen molar-refractivity contribution < 1.29 is 4.79 Å². The Kier molecular flexibility index (Phi) is 7.69. The number of aromatic nitrogens is 1. The van der Waals surface area contributed by atoms with Crippen LogP contribution in [0.2, 0.25) is 0 Å². The van der Waals surface area contributed by atoms with Gasteiger partial charge in [-0.25, -0.2) is 9.98 Å². The average molecular weight is 361 g/mol. The molecular weight excluding hydrogens is 328 g/mol. The number of piperidine rings is 1. The monoisotopic (exact) mass is 360 g/mol. The van der Waals surface area contributed by atoms with Crippen molar-refractivity contribution in [1.29, 1.82) is 0 Å².